The van der Waals surface area contributed by atoms with Crippen LogP contribution in [0.4, 0.5) is 5.82 Å². The highest BCUT2D eigenvalue weighted by Gasteiger charge is 2.43. The molecule has 1 amide bonds. The fourth-order valence-electron chi connectivity index (χ4n) is 2.20. The molecular weight excluding hydrogens is 228 g/mol. The van der Waals surface area contributed by atoms with E-state index in [1.54, 1.807) is 24.8 Å². The number of hydrogen-bond donors (Lipinski definition) is 1. The molecule has 0 radical (unpaired) electrons. The molecule has 1 aliphatic carbocycles. The topological polar surface area (TPSA) is 59.3 Å². The van der Waals surface area contributed by atoms with Crippen LogP contribution < -0.4 is 5.32 Å². The Morgan fingerprint density at radius 2 is 2.22 bits per heavy atom. The molecule has 94 valence electrons. The van der Waals surface area contributed by atoms with E-state index in [4.69, 9.17) is 0 Å². The number of aromatic nitrogens is 3. The largest absolute Gasteiger partial charge is 0.310 e. The van der Waals surface area contributed by atoms with Gasteiger partial charge in [0.15, 0.2) is 5.65 Å². The second-order valence-corrected chi connectivity index (χ2v) is 5.40. The summed E-state index contributed by atoms with van der Waals surface area (Å²) in [4.78, 5) is 20.5. The third-order valence-electron chi connectivity index (χ3n) is 3.74. The van der Waals surface area contributed by atoms with Gasteiger partial charge in [-0.25, -0.2) is 4.98 Å². The van der Waals surface area contributed by atoms with Gasteiger partial charge in [-0.15, -0.1) is 0 Å². The van der Waals surface area contributed by atoms with Gasteiger partial charge < -0.3 is 5.32 Å². The number of anilines is 1. The molecule has 1 aliphatic rings. The van der Waals surface area contributed by atoms with Crippen LogP contribution in [-0.4, -0.2) is 20.3 Å². The van der Waals surface area contributed by atoms with E-state index in [1.807, 2.05) is 18.2 Å². The zero-order valence-corrected chi connectivity index (χ0v) is 10.6. The first-order valence-corrected chi connectivity index (χ1v) is 6.17. The number of imidazole rings is 1. The van der Waals surface area contributed by atoms with Gasteiger partial charge in [0, 0.05) is 17.8 Å². The second-order valence-electron chi connectivity index (χ2n) is 5.40. The number of nitrogens with one attached hydrogen (secondary N) is 1. The van der Waals surface area contributed by atoms with Gasteiger partial charge in [-0.2, -0.15) is 0 Å². The number of carbonyl (C=O) groups excluding carboxylic acids is 1. The minimum Gasteiger partial charge on any atom is -0.310 e. The Labute approximate surface area is 105 Å². The molecule has 1 saturated carbocycles. The zero-order valence-electron chi connectivity index (χ0n) is 10.6. The maximum atomic E-state index is 12.3. The van der Waals surface area contributed by atoms with E-state index in [1.165, 1.54) is 0 Å². The summed E-state index contributed by atoms with van der Waals surface area (Å²) >= 11 is 0. The first-order valence-electron chi connectivity index (χ1n) is 6.17. The minimum absolute atomic E-state index is 0.0589. The predicted molar refractivity (Wildman–Crippen MR) is 68.1 cm³/mol. The van der Waals surface area contributed by atoms with Crippen molar-refractivity contribution in [3.05, 3.63) is 24.8 Å². The molecular formula is C13H16N4O. The number of carbonyl (C=O) groups is 1. The first kappa shape index (κ1) is 11.2. The van der Waals surface area contributed by atoms with Crippen molar-refractivity contribution >= 4 is 17.4 Å². The molecule has 0 aliphatic heterocycles. The van der Waals surface area contributed by atoms with Crippen LogP contribution in [0.2, 0.25) is 0 Å². The van der Waals surface area contributed by atoms with Crippen LogP contribution in [0.5, 0.6) is 0 Å². The molecule has 1 N–H and O–H groups in total. The van der Waals surface area contributed by atoms with E-state index < -0.39 is 0 Å². The third kappa shape index (κ3) is 1.75. The average Bonchev–Trinajstić information content (AvgIpc) is 3.14. The van der Waals surface area contributed by atoms with Crippen molar-refractivity contribution in [2.75, 3.05) is 5.32 Å². The van der Waals surface area contributed by atoms with Crippen molar-refractivity contribution in [2.24, 2.45) is 11.3 Å². The molecule has 2 aromatic heterocycles. The van der Waals surface area contributed by atoms with Gasteiger partial charge >= 0.3 is 0 Å². The quantitative estimate of drug-likeness (QED) is 0.899. The Bertz CT molecular complexity index is 598. The van der Waals surface area contributed by atoms with E-state index in [0.29, 0.717) is 11.7 Å². The molecule has 3 rings (SSSR count). The molecule has 5 heteroatoms. The van der Waals surface area contributed by atoms with Crippen LogP contribution in [0.25, 0.3) is 5.65 Å². The Morgan fingerprint density at radius 3 is 2.94 bits per heavy atom. The average molecular weight is 244 g/mol. The smallest absolute Gasteiger partial charge is 0.231 e. The van der Waals surface area contributed by atoms with Crippen molar-refractivity contribution in [3.8, 4) is 0 Å². The number of hydrogen-bond acceptors (Lipinski definition) is 3. The van der Waals surface area contributed by atoms with Gasteiger partial charge in [0.25, 0.3) is 0 Å². The number of rotatable bonds is 3. The summed E-state index contributed by atoms with van der Waals surface area (Å²) < 4.78 is 1.83. The first-order chi connectivity index (χ1) is 8.59. The molecule has 0 atom stereocenters. The van der Waals surface area contributed by atoms with Crippen molar-refractivity contribution in [2.45, 2.75) is 26.7 Å². The lowest BCUT2D eigenvalue weighted by Crippen LogP contribution is -2.32. The van der Waals surface area contributed by atoms with E-state index in [0.717, 1.165) is 18.5 Å². The highest BCUT2D eigenvalue weighted by Crippen LogP contribution is 2.45. The molecule has 1 fully saturated rings. The maximum absolute atomic E-state index is 12.3. The molecule has 0 unspecified atom stereocenters. The molecule has 18 heavy (non-hydrogen) atoms. The summed E-state index contributed by atoms with van der Waals surface area (Å²) in [6.45, 7) is 4.01. The summed E-state index contributed by atoms with van der Waals surface area (Å²) in [5.41, 5.74) is 0.425. The fraction of sp³-hybridized carbons (Fsp3) is 0.462. The predicted octanol–water partition coefficient (Wildman–Crippen LogP) is 2.10. The molecule has 2 heterocycles. The van der Waals surface area contributed by atoms with E-state index >= 15 is 0 Å². The molecule has 0 aromatic carbocycles. The van der Waals surface area contributed by atoms with E-state index in [2.05, 4.69) is 15.3 Å². The Hall–Kier alpha value is -1.91. The fourth-order valence-corrected chi connectivity index (χ4v) is 2.20. The lowest BCUT2D eigenvalue weighted by Gasteiger charge is -2.22. The zero-order chi connectivity index (χ0) is 12.8. The van der Waals surface area contributed by atoms with Gasteiger partial charge in [-0.3, -0.25) is 14.2 Å². The van der Waals surface area contributed by atoms with Crippen LogP contribution >= 0.6 is 0 Å². The van der Waals surface area contributed by atoms with E-state index in [-0.39, 0.29) is 11.3 Å². The standard InChI is InChI=1S/C13H16N4O/c1-13(2,9-3-4-9)12(18)16-11-8-15-10-7-14-5-6-17(10)11/h5-9H,3-4H2,1-2H3,(H,16,18). The normalized spacial score (nSPS) is 15.9. The van der Waals surface area contributed by atoms with E-state index in [9.17, 15) is 4.79 Å². The van der Waals surface area contributed by atoms with Crippen molar-refractivity contribution in [3.63, 3.8) is 0 Å². The summed E-state index contributed by atoms with van der Waals surface area (Å²) in [6.07, 6.45) is 9.10. The van der Waals surface area contributed by atoms with Crippen LogP contribution in [0.1, 0.15) is 26.7 Å². The number of amides is 1. The third-order valence-corrected chi connectivity index (χ3v) is 3.74. The van der Waals surface area contributed by atoms with Gasteiger partial charge in [0.2, 0.25) is 5.91 Å². The van der Waals surface area contributed by atoms with Crippen LogP contribution in [0, 0.1) is 11.3 Å². The molecule has 0 bridgehead atoms. The van der Waals surface area contributed by atoms with Crippen LogP contribution in [-0.2, 0) is 4.79 Å². The molecule has 5 nitrogen and oxygen atoms in total. The lowest BCUT2D eigenvalue weighted by atomic mass is 9.86. The number of nitrogens with zero attached hydrogens (tertiary/aromatic N) is 3. The highest BCUT2D eigenvalue weighted by atomic mass is 16.2. The van der Waals surface area contributed by atoms with Gasteiger partial charge in [-0.05, 0) is 18.8 Å². The van der Waals surface area contributed by atoms with Gasteiger partial charge in [-0.1, -0.05) is 13.8 Å². The van der Waals surface area contributed by atoms with Crippen molar-refractivity contribution < 1.29 is 4.79 Å². The summed E-state index contributed by atoms with van der Waals surface area (Å²) in [5, 5.41) is 2.96. The summed E-state index contributed by atoms with van der Waals surface area (Å²) in [7, 11) is 0. The van der Waals surface area contributed by atoms with Gasteiger partial charge in [0.1, 0.15) is 5.82 Å². The number of fused-ring (bicyclic) bond motifs is 1. The minimum atomic E-state index is -0.308. The van der Waals surface area contributed by atoms with Crippen LogP contribution in [0.3, 0.4) is 0 Å². The van der Waals surface area contributed by atoms with Gasteiger partial charge in [0.05, 0.1) is 12.4 Å². The Kier molecular flexibility index (Phi) is 2.36. The molecule has 0 saturated heterocycles. The summed E-state index contributed by atoms with van der Waals surface area (Å²) in [6, 6.07) is 0. The molecule has 0 spiro atoms. The SMILES string of the molecule is CC(C)(C(=O)Nc1cnc2cnccn12)C1CC1. The monoisotopic (exact) mass is 244 g/mol. The Morgan fingerprint density at radius 1 is 1.44 bits per heavy atom. The maximum Gasteiger partial charge on any atom is 0.231 e. The summed E-state index contributed by atoms with van der Waals surface area (Å²) in [5.74, 6) is 1.27. The molecule has 2 aromatic rings. The van der Waals surface area contributed by atoms with Crippen molar-refractivity contribution in [1.29, 1.82) is 0 Å². The van der Waals surface area contributed by atoms with Crippen molar-refractivity contribution in [1.82, 2.24) is 14.4 Å². The van der Waals surface area contributed by atoms with Crippen LogP contribution in [0.15, 0.2) is 24.8 Å². The lowest BCUT2D eigenvalue weighted by molar-refractivity contribution is -0.125. The highest BCUT2D eigenvalue weighted by molar-refractivity contribution is 5.94. The Balaban J connectivity index is 1.86. The second kappa shape index (κ2) is 3.80.